The molecule has 4 N–H and O–H groups in total. The Kier molecular flexibility index (Phi) is 3.13. The van der Waals surface area contributed by atoms with Crippen molar-refractivity contribution in [2.24, 2.45) is 0 Å². The van der Waals surface area contributed by atoms with Gasteiger partial charge in [0, 0.05) is 16.6 Å². The molecule has 6 heteroatoms. The van der Waals surface area contributed by atoms with E-state index in [1.165, 1.54) is 0 Å². The van der Waals surface area contributed by atoms with E-state index in [1.807, 2.05) is 26.0 Å². The summed E-state index contributed by atoms with van der Waals surface area (Å²) < 4.78 is 5.42. The Morgan fingerprint density at radius 3 is 2.90 bits per heavy atom. The largest absolute Gasteiger partial charge is 0.444 e. The monoisotopic (exact) mass is 284 g/mol. The number of anilines is 1. The molecule has 0 saturated heterocycles. The highest BCUT2D eigenvalue weighted by atomic mass is 16.4. The summed E-state index contributed by atoms with van der Waals surface area (Å²) in [7, 11) is 0. The van der Waals surface area contributed by atoms with Gasteiger partial charge < -0.3 is 20.5 Å². The van der Waals surface area contributed by atoms with Gasteiger partial charge >= 0.3 is 0 Å². The van der Waals surface area contributed by atoms with Crippen LogP contribution >= 0.6 is 0 Å². The van der Waals surface area contributed by atoms with E-state index in [1.54, 1.807) is 12.1 Å². The van der Waals surface area contributed by atoms with E-state index in [-0.39, 0.29) is 12.5 Å². The molecule has 0 unspecified atom stereocenters. The third-order valence-corrected chi connectivity index (χ3v) is 3.36. The summed E-state index contributed by atoms with van der Waals surface area (Å²) in [5.41, 5.74) is 8.58. The summed E-state index contributed by atoms with van der Waals surface area (Å²) >= 11 is 0. The molecule has 0 bridgehead atoms. The topological polar surface area (TPSA) is 96.9 Å². The molecule has 6 nitrogen and oxygen atoms in total. The Hall–Kier alpha value is -2.76. The highest BCUT2D eigenvalue weighted by molar-refractivity contribution is 5.98. The van der Waals surface area contributed by atoms with Crippen molar-refractivity contribution in [1.82, 2.24) is 15.3 Å². The Morgan fingerprint density at radius 1 is 1.38 bits per heavy atom. The molecule has 0 fully saturated rings. The number of aryl methyl sites for hydroxylation is 2. The number of aromatic nitrogens is 2. The predicted molar refractivity (Wildman–Crippen MR) is 79.9 cm³/mol. The molecule has 1 aromatic carbocycles. The molecule has 2 heterocycles. The normalized spacial score (nSPS) is 11.0. The maximum Gasteiger partial charge on any atom is 0.268 e. The number of benzene rings is 1. The number of carbonyl (C=O) groups excluding carboxylic acids is 1. The minimum Gasteiger partial charge on any atom is -0.444 e. The highest BCUT2D eigenvalue weighted by Crippen LogP contribution is 2.18. The molecule has 0 aliphatic heterocycles. The van der Waals surface area contributed by atoms with Crippen molar-refractivity contribution in [2.45, 2.75) is 20.4 Å². The number of nitrogens with zero attached hydrogens (tertiary/aromatic N) is 1. The van der Waals surface area contributed by atoms with E-state index in [4.69, 9.17) is 10.2 Å². The number of hydrogen-bond donors (Lipinski definition) is 3. The van der Waals surface area contributed by atoms with E-state index in [9.17, 15) is 4.79 Å². The molecule has 3 aromatic rings. The second kappa shape index (κ2) is 4.97. The highest BCUT2D eigenvalue weighted by Gasteiger charge is 2.11. The van der Waals surface area contributed by atoms with E-state index in [0.29, 0.717) is 17.3 Å². The van der Waals surface area contributed by atoms with Crippen LogP contribution in [0.1, 0.15) is 27.8 Å². The first-order valence-corrected chi connectivity index (χ1v) is 6.62. The van der Waals surface area contributed by atoms with Gasteiger partial charge in [-0.3, -0.25) is 4.79 Å². The molecule has 2 aromatic heterocycles. The van der Waals surface area contributed by atoms with Crippen LogP contribution in [0.5, 0.6) is 0 Å². The van der Waals surface area contributed by atoms with Crippen LogP contribution in [0.3, 0.4) is 0 Å². The Morgan fingerprint density at radius 2 is 2.19 bits per heavy atom. The lowest BCUT2D eigenvalue weighted by molar-refractivity contribution is 0.0943. The maximum atomic E-state index is 12.1. The van der Waals surface area contributed by atoms with Gasteiger partial charge in [0.2, 0.25) is 5.89 Å². The van der Waals surface area contributed by atoms with Crippen molar-refractivity contribution >= 4 is 22.5 Å². The number of nitrogens with two attached hydrogens (primary N) is 1. The van der Waals surface area contributed by atoms with E-state index in [2.05, 4.69) is 15.3 Å². The molecular weight excluding hydrogens is 268 g/mol. The zero-order valence-electron chi connectivity index (χ0n) is 11.9. The second-order valence-electron chi connectivity index (χ2n) is 4.96. The number of amides is 1. The first-order chi connectivity index (χ1) is 10.0. The standard InChI is InChI=1S/C15H16N4O2/c1-8-9(2)21-14(18-8)7-17-15(20)13-6-10-5-11(16)3-4-12(10)19-13/h3-6,19H,7,16H2,1-2H3,(H,17,20). The second-order valence-corrected chi connectivity index (χ2v) is 4.96. The van der Waals surface area contributed by atoms with E-state index in [0.717, 1.165) is 22.4 Å². The van der Waals surface area contributed by atoms with Crippen molar-refractivity contribution in [1.29, 1.82) is 0 Å². The number of nitrogens with one attached hydrogen (secondary N) is 2. The van der Waals surface area contributed by atoms with Gasteiger partial charge in [0.05, 0.1) is 12.2 Å². The fourth-order valence-corrected chi connectivity index (χ4v) is 2.14. The van der Waals surface area contributed by atoms with Crippen molar-refractivity contribution in [3.05, 3.63) is 47.3 Å². The van der Waals surface area contributed by atoms with Gasteiger partial charge in [-0.05, 0) is 38.1 Å². The minimum absolute atomic E-state index is 0.210. The van der Waals surface area contributed by atoms with Crippen LogP contribution in [-0.2, 0) is 6.54 Å². The van der Waals surface area contributed by atoms with E-state index < -0.39 is 0 Å². The van der Waals surface area contributed by atoms with Crippen molar-refractivity contribution in [2.75, 3.05) is 5.73 Å². The maximum absolute atomic E-state index is 12.1. The van der Waals surface area contributed by atoms with Crippen LogP contribution in [-0.4, -0.2) is 15.9 Å². The van der Waals surface area contributed by atoms with Gasteiger partial charge in [-0.25, -0.2) is 4.98 Å². The van der Waals surface area contributed by atoms with Crippen molar-refractivity contribution in [3.8, 4) is 0 Å². The summed E-state index contributed by atoms with van der Waals surface area (Å²) in [6.07, 6.45) is 0. The zero-order valence-corrected chi connectivity index (χ0v) is 11.9. The lowest BCUT2D eigenvalue weighted by atomic mass is 10.2. The van der Waals surface area contributed by atoms with Crippen LogP contribution in [0, 0.1) is 13.8 Å². The third-order valence-electron chi connectivity index (χ3n) is 3.36. The Bertz CT molecular complexity index is 797. The van der Waals surface area contributed by atoms with Gasteiger partial charge in [-0.15, -0.1) is 0 Å². The summed E-state index contributed by atoms with van der Waals surface area (Å²) in [6, 6.07) is 7.23. The number of nitrogen functional groups attached to an aromatic ring is 1. The summed E-state index contributed by atoms with van der Waals surface area (Å²) in [6.45, 7) is 3.97. The molecule has 108 valence electrons. The minimum atomic E-state index is -0.210. The van der Waals surface area contributed by atoms with Gasteiger partial charge in [0.15, 0.2) is 0 Å². The van der Waals surface area contributed by atoms with Gasteiger partial charge in [0.1, 0.15) is 11.5 Å². The SMILES string of the molecule is Cc1nc(CNC(=O)c2cc3cc(N)ccc3[nH]2)oc1C. The average Bonchev–Trinajstić information content (AvgIpc) is 3.00. The smallest absolute Gasteiger partial charge is 0.268 e. The molecular formula is C15H16N4O2. The molecule has 0 aliphatic rings. The number of rotatable bonds is 3. The third kappa shape index (κ3) is 2.60. The molecule has 0 aliphatic carbocycles. The van der Waals surface area contributed by atoms with Crippen LogP contribution < -0.4 is 11.1 Å². The average molecular weight is 284 g/mol. The van der Waals surface area contributed by atoms with Gasteiger partial charge in [0.25, 0.3) is 5.91 Å². The fraction of sp³-hybridized carbons (Fsp3) is 0.200. The molecule has 0 saturated carbocycles. The Balaban J connectivity index is 1.74. The number of oxazole rings is 1. The van der Waals surface area contributed by atoms with Crippen molar-refractivity contribution in [3.63, 3.8) is 0 Å². The Labute approximate surface area is 121 Å². The quantitative estimate of drug-likeness (QED) is 0.643. The fourth-order valence-electron chi connectivity index (χ4n) is 2.14. The van der Waals surface area contributed by atoms with E-state index >= 15 is 0 Å². The lowest BCUT2D eigenvalue weighted by Crippen LogP contribution is -2.23. The molecule has 0 spiro atoms. The van der Waals surface area contributed by atoms with Crippen molar-refractivity contribution < 1.29 is 9.21 Å². The van der Waals surface area contributed by atoms with Crippen LogP contribution in [0.4, 0.5) is 5.69 Å². The molecule has 21 heavy (non-hydrogen) atoms. The number of fused-ring (bicyclic) bond motifs is 1. The van der Waals surface area contributed by atoms with Crippen LogP contribution in [0.15, 0.2) is 28.7 Å². The van der Waals surface area contributed by atoms with Gasteiger partial charge in [-0.1, -0.05) is 0 Å². The summed E-state index contributed by atoms with van der Waals surface area (Å²) in [5.74, 6) is 1.05. The molecule has 3 rings (SSSR count). The number of carbonyl (C=O) groups is 1. The first kappa shape index (κ1) is 13.2. The number of hydrogen-bond acceptors (Lipinski definition) is 4. The lowest BCUT2D eigenvalue weighted by Gasteiger charge is -1.99. The zero-order chi connectivity index (χ0) is 15.0. The number of H-pyrrole nitrogens is 1. The predicted octanol–water partition coefficient (Wildman–Crippen LogP) is 2.28. The van der Waals surface area contributed by atoms with Gasteiger partial charge in [-0.2, -0.15) is 0 Å². The molecule has 1 amide bonds. The summed E-state index contributed by atoms with van der Waals surface area (Å²) in [5, 5.41) is 3.68. The number of aromatic amines is 1. The first-order valence-electron chi connectivity index (χ1n) is 6.62. The molecule has 0 radical (unpaired) electrons. The van der Waals surface area contributed by atoms with Crippen LogP contribution in [0.25, 0.3) is 10.9 Å². The molecule has 0 atom stereocenters. The summed E-state index contributed by atoms with van der Waals surface area (Å²) in [4.78, 5) is 19.4. The van der Waals surface area contributed by atoms with Crippen LogP contribution in [0.2, 0.25) is 0 Å².